The van der Waals surface area contributed by atoms with Crippen LogP contribution in [0.5, 0.6) is 17.2 Å². The minimum Gasteiger partial charge on any atom is -0.493 e. The number of fused-ring (bicyclic) bond motifs is 1. The molecule has 0 spiro atoms. The molecule has 4 nitrogen and oxygen atoms in total. The molecule has 1 aromatic carbocycles. The van der Waals surface area contributed by atoms with E-state index in [1.165, 1.54) is 0 Å². The quantitative estimate of drug-likeness (QED) is 0.841. The number of nitrogens with one attached hydrogen (secondary N) is 1. The van der Waals surface area contributed by atoms with E-state index < -0.39 is 0 Å². The molecule has 1 N–H and O–H groups in total. The Morgan fingerprint density at radius 2 is 1.95 bits per heavy atom. The van der Waals surface area contributed by atoms with Crippen LogP contribution in [-0.4, -0.2) is 26.9 Å². The van der Waals surface area contributed by atoms with Crippen molar-refractivity contribution in [2.75, 3.05) is 26.9 Å². The predicted molar refractivity (Wildman–Crippen MR) is 79.8 cm³/mol. The van der Waals surface area contributed by atoms with Crippen LogP contribution in [-0.2, 0) is 6.54 Å². The van der Waals surface area contributed by atoms with Crippen molar-refractivity contribution in [2.45, 2.75) is 33.7 Å². The zero-order valence-electron chi connectivity index (χ0n) is 12.9. The molecule has 1 aliphatic heterocycles. The van der Waals surface area contributed by atoms with Gasteiger partial charge in [-0.05, 0) is 36.1 Å². The SMILES string of the molecule is COc1cc(CNCCC(C)(C)C)cc2c1OCCO2. The van der Waals surface area contributed by atoms with Crippen molar-refractivity contribution >= 4 is 0 Å². The number of methoxy groups -OCH3 is 1. The first-order chi connectivity index (χ1) is 9.49. The van der Waals surface area contributed by atoms with Crippen LogP contribution in [0.2, 0.25) is 0 Å². The smallest absolute Gasteiger partial charge is 0.203 e. The van der Waals surface area contributed by atoms with Gasteiger partial charge in [-0.15, -0.1) is 0 Å². The molecule has 1 heterocycles. The highest BCUT2D eigenvalue weighted by molar-refractivity contribution is 5.54. The molecule has 0 bridgehead atoms. The van der Waals surface area contributed by atoms with E-state index in [-0.39, 0.29) is 0 Å². The van der Waals surface area contributed by atoms with E-state index >= 15 is 0 Å². The lowest BCUT2D eigenvalue weighted by molar-refractivity contribution is 0.165. The summed E-state index contributed by atoms with van der Waals surface area (Å²) < 4.78 is 16.6. The molecule has 0 aliphatic carbocycles. The Morgan fingerprint density at radius 3 is 2.65 bits per heavy atom. The first-order valence-corrected chi connectivity index (χ1v) is 7.17. The van der Waals surface area contributed by atoms with Gasteiger partial charge in [0.15, 0.2) is 11.5 Å². The topological polar surface area (TPSA) is 39.7 Å². The summed E-state index contributed by atoms with van der Waals surface area (Å²) in [6, 6.07) is 4.04. The van der Waals surface area contributed by atoms with Crippen LogP contribution in [0.4, 0.5) is 0 Å². The summed E-state index contributed by atoms with van der Waals surface area (Å²) >= 11 is 0. The van der Waals surface area contributed by atoms with Crippen molar-refractivity contribution in [3.8, 4) is 17.2 Å². The van der Waals surface area contributed by atoms with Gasteiger partial charge in [0.1, 0.15) is 13.2 Å². The monoisotopic (exact) mass is 279 g/mol. The van der Waals surface area contributed by atoms with Gasteiger partial charge < -0.3 is 19.5 Å². The molecule has 0 atom stereocenters. The first kappa shape index (κ1) is 15.0. The van der Waals surface area contributed by atoms with Gasteiger partial charge in [0.2, 0.25) is 5.75 Å². The number of rotatable bonds is 5. The molecule has 0 radical (unpaired) electrons. The average molecular weight is 279 g/mol. The van der Waals surface area contributed by atoms with E-state index in [4.69, 9.17) is 14.2 Å². The molecule has 0 fully saturated rings. The molecule has 0 amide bonds. The van der Waals surface area contributed by atoms with Gasteiger partial charge >= 0.3 is 0 Å². The lowest BCUT2D eigenvalue weighted by atomic mass is 9.92. The van der Waals surface area contributed by atoms with Gasteiger partial charge in [0.05, 0.1) is 7.11 Å². The Labute approximate surface area is 121 Å². The predicted octanol–water partition coefficient (Wildman–Crippen LogP) is 2.99. The summed E-state index contributed by atoms with van der Waals surface area (Å²) in [6.07, 6.45) is 1.15. The second-order valence-corrected chi connectivity index (χ2v) is 6.31. The molecule has 0 aromatic heterocycles. The number of ether oxygens (including phenoxy) is 3. The van der Waals surface area contributed by atoms with Gasteiger partial charge in [-0.3, -0.25) is 0 Å². The van der Waals surface area contributed by atoms with Crippen molar-refractivity contribution in [1.82, 2.24) is 5.32 Å². The van der Waals surface area contributed by atoms with Gasteiger partial charge in [-0.1, -0.05) is 20.8 Å². The third kappa shape index (κ3) is 4.04. The van der Waals surface area contributed by atoms with Crippen molar-refractivity contribution in [2.24, 2.45) is 5.41 Å². The molecular weight excluding hydrogens is 254 g/mol. The summed E-state index contributed by atoms with van der Waals surface area (Å²) in [7, 11) is 1.66. The summed E-state index contributed by atoms with van der Waals surface area (Å²) in [5.41, 5.74) is 1.51. The van der Waals surface area contributed by atoms with Gasteiger partial charge in [-0.25, -0.2) is 0 Å². The van der Waals surface area contributed by atoms with E-state index in [9.17, 15) is 0 Å². The third-order valence-electron chi connectivity index (χ3n) is 3.27. The lowest BCUT2D eigenvalue weighted by Gasteiger charge is -2.22. The van der Waals surface area contributed by atoms with Crippen LogP contribution in [0.1, 0.15) is 32.8 Å². The van der Waals surface area contributed by atoms with Crippen LogP contribution in [0, 0.1) is 5.41 Å². The Kier molecular flexibility index (Phi) is 4.76. The van der Waals surface area contributed by atoms with E-state index in [0.717, 1.165) is 42.3 Å². The zero-order valence-corrected chi connectivity index (χ0v) is 12.9. The fourth-order valence-corrected chi connectivity index (χ4v) is 2.13. The minimum absolute atomic E-state index is 0.359. The highest BCUT2D eigenvalue weighted by Crippen LogP contribution is 2.40. The number of hydrogen-bond acceptors (Lipinski definition) is 4. The van der Waals surface area contributed by atoms with Crippen molar-refractivity contribution in [3.05, 3.63) is 17.7 Å². The van der Waals surface area contributed by atoms with Crippen LogP contribution < -0.4 is 19.5 Å². The second kappa shape index (κ2) is 6.35. The maximum Gasteiger partial charge on any atom is 0.203 e. The Morgan fingerprint density at radius 1 is 1.20 bits per heavy atom. The van der Waals surface area contributed by atoms with E-state index in [0.29, 0.717) is 18.6 Å². The number of benzene rings is 1. The number of hydrogen-bond donors (Lipinski definition) is 1. The maximum absolute atomic E-state index is 5.63. The van der Waals surface area contributed by atoms with E-state index in [1.54, 1.807) is 7.11 Å². The summed E-state index contributed by atoms with van der Waals surface area (Å²) in [5, 5.41) is 3.46. The van der Waals surface area contributed by atoms with Crippen LogP contribution >= 0.6 is 0 Å². The molecule has 0 unspecified atom stereocenters. The van der Waals surface area contributed by atoms with Gasteiger partial charge in [0, 0.05) is 6.54 Å². The molecular formula is C16H25NO3. The normalized spacial score (nSPS) is 14.2. The second-order valence-electron chi connectivity index (χ2n) is 6.31. The summed E-state index contributed by atoms with van der Waals surface area (Å²) in [4.78, 5) is 0. The summed E-state index contributed by atoms with van der Waals surface area (Å²) in [5.74, 6) is 2.25. The largest absolute Gasteiger partial charge is 0.493 e. The highest BCUT2D eigenvalue weighted by Gasteiger charge is 2.18. The van der Waals surface area contributed by atoms with Crippen LogP contribution in [0.3, 0.4) is 0 Å². The molecule has 2 rings (SSSR count). The average Bonchev–Trinajstić information content (AvgIpc) is 2.41. The fourth-order valence-electron chi connectivity index (χ4n) is 2.13. The molecule has 0 saturated carbocycles. The van der Waals surface area contributed by atoms with Crippen molar-refractivity contribution in [1.29, 1.82) is 0 Å². The molecule has 112 valence electrons. The third-order valence-corrected chi connectivity index (χ3v) is 3.27. The molecule has 0 saturated heterocycles. The van der Waals surface area contributed by atoms with Gasteiger partial charge in [-0.2, -0.15) is 0 Å². The standard InChI is InChI=1S/C16H25NO3/c1-16(2,3)5-6-17-11-12-9-13(18-4)15-14(10-12)19-7-8-20-15/h9-10,17H,5-8,11H2,1-4H3. The van der Waals surface area contributed by atoms with Crippen LogP contribution in [0.25, 0.3) is 0 Å². The Bertz CT molecular complexity index is 435. The van der Waals surface area contributed by atoms with E-state index in [2.05, 4.69) is 26.1 Å². The Hall–Kier alpha value is -1.42. The fraction of sp³-hybridized carbons (Fsp3) is 0.625. The summed E-state index contributed by atoms with van der Waals surface area (Å²) in [6.45, 7) is 9.73. The van der Waals surface area contributed by atoms with Gasteiger partial charge in [0.25, 0.3) is 0 Å². The minimum atomic E-state index is 0.359. The first-order valence-electron chi connectivity index (χ1n) is 7.17. The highest BCUT2D eigenvalue weighted by atomic mass is 16.6. The van der Waals surface area contributed by atoms with Crippen LogP contribution in [0.15, 0.2) is 12.1 Å². The molecule has 20 heavy (non-hydrogen) atoms. The lowest BCUT2D eigenvalue weighted by Crippen LogP contribution is -2.21. The zero-order chi connectivity index (χ0) is 14.6. The van der Waals surface area contributed by atoms with Crippen molar-refractivity contribution < 1.29 is 14.2 Å². The van der Waals surface area contributed by atoms with Crippen molar-refractivity contribution in [3.63, 3.8) is 0 Å². The maximum atomic E-state index is 5.63. The molecule has 1 aliphatic rings. The van der Waals surface area contributed by atoms with E-state index in [1.807, 2.05) is 12.1 Å². The molecule has 1 aromatic rings. The Balaban J connectivity index is 1.98. The molecule has 4 heteroatoms.